The number of nitriles is 1. The second kappa shape index (κ2) is 7.52. The van der Waals surface area contributed by atoms with Gasteiger partial charge in [0, 0.05) is 29.3 Å². The van der Waals surface area contributed by atoms with Gasteiger partial charge < -0.3 is 10.2 Å². The van der Waals surface area contributed by atoms with E-state index in [1.54, 1.807) is 0 Å². The van der Waals surface area contributed by atoms with Crippen molar-refractivity contribution in [1.82, 2.24) is 5.32 Å². The van der Waals surface area contributed by atoms with Gasteiger partial charge in [-0.15, -0.1) is 0 Å². The molecule has 3 nitrogen and oxygen atoms in total. The highest BCUT2D eigenvalue weighted by Crippen LogP contribution is 2.28. The molecule has 0 amide bonds. The molecule has 0 spiro atoms. The Kier molecular flexibility index (Phi) is 6.33. The molecule has 0 saturated heterocycles. The molecule has 1 aromatic carbocycles. The molecule has 0 saturated carbocycles. The van der Waals surface area contributed by atoms with Gasteiger partial charge in [-0.2, -0.15) is 5.26 Å². The van der Waals surface area contributed by atoms with E-state index in [1.165, 1.54) is 5.56 Å². The maximum atomic E-state index is 8.94. The maximum absolute atomic E-state index is 8.94. The Balaban J connectivity index is 2.95. The lowest BCUT2D eigenvalue weighted by Crippen LogP contribution is -2.27. The normalized spacial score (nSPS) is 13.7. The van der Waals surface area contributed by atoms with Crippen molar-refractivity contribution in [3.05, 3.63) is 28.2 Å². The van der Waals surface area contributed by atoms with Gasteiger partial charge in [-0.25, -0.2) is 0 Å². The minimum Gasteiger partial charge on any atom is -0.370 e. The van der Waals surface area contributed by atoms with Crippen molar-refractivity contribution in [2.24, 2.45) is 5.92 Å². The average molecular weight is 324 g/mol. The summed E-state index contributed by atoms with van der Waals surface area (Å²) >= 11 is 3.64. The monoisotopic (exact) mass is 323 g/mol. The lowest BCUT2D eigenvalue weighted by Gasteiger charge is -2.25. The Morgan fingerprint density at radius 3 is 2.58 bits per heavy atom. The molecule has 0 fully saturated rings. The molecule has 0 aliphatic carbocycles. The summed E-state index contributed by atoms with van der Waals surface area (Å²) < 4.78 is 1.11. The number of nitrogens with one attached hydrogen (secondary N) is 1. The summed E-state index contributed by atoms with van der Waals surface area (Å²) in [6.45, 7) is 7.87. The van der Waals surface area contributed by atoms with Crippen LogP contribution < -0.4 is 10.2 Å². The van der Waals surface area contributed by atoms with Crippen LogP contribution in [0.5, 0.6) is 0 Å². The molecular weight excluding hydrogens is 302 g/mol. The third kappa shape index (κ3) is 4.22. The van der Waals surface area contributed by atoms with Crippen LogP contribution in [0.25, 0.3) is 0 Å². The Labute approximate surface area is 124 Å². The van der Waals surface area contributed by atoms with E-state index in [-0.39, 0.29) is 5.92 Å². The van der Waals surface area contributed by atoms with E-state index in [0.29, 0.717) is 6.04 Å². The fourth-order valence-electron chi connectivity index (χ4n) is 2.01. The molecule has 0 bridgehead atoms. The zero-order chi connectivity index (χ0) is 14.4. The van der Waals surface area contributed by atoms with Gasteiger partial charge in [0.15, 0.2) is 0 Å². The van der Waals surface area contributed by atoms with Crippen molar-refractivity contribution >= 4 is 21.6 Å². The second-order valence-corrected chi connectivity index (χ2v) is 5.64. The maximum Gasteiger partial charge on any atom is 0.0671 e. The van der Waals surface area contributed by atoms with E-state index in [0.717, 1.165) is 23.2 Å². The standard InChI is InChI=1S/C15H22BrN3/c1-5-19(10-11(2)9-17)13-6-7-14(12(3)18-4)15(16)8-13/h6-8,11-12,18H,5,10H2,1-4H3. The highest BCUT2D eigenvalue weighted by Gasteiger charge is 2.12. The third-order valence-corrected chi connectivity index (χ3v) is 4.03. The summed E-state index contributed by atoms with van der Waals surface area (Å²) in [5.74, 6) is 0.0367. The van der Waals surface area contributed by atoms with Crippen LogP contribution in [-0.4, -0.2) is 20.1 Å². The average Bonchev–Trinajstić information content (AvgIpc) is 2.43. The van der Waals surface area contributed by atoms with Crippen molar-refractivity contribution < 1.29 is 0 Å². The molecule has 2 atom stereocenters. The highest BCUT2D eigenvalue weighted by molar-refractivity contribution is 9.10. The summed E-state index contributed by atoms with van der Waals surface area (Å²) in [6.07, 6.45) is 0. The van der Waals surface area contributed by atoms with Gasteiger partial charge in [0.25, 0.3) is 0 Å². The lowest BCUT2D eigenvalue weighted by atomic mass is 10.1. The number of halogens is 1. The van der Waals surface area contributed by atoms with Crippen LogP contribution in [0.1, 0.15) is 32.4 Å². The van der Waals surface area contributed by atoms with Crippen molar-refractivity contribution in [2.45, 2.75) is 26.8 Å². The van der Waals surface area contributed by atoms with Gasteiger partial charge in [0.2, 0.25) is 0 Å². The first-order valence-electron chi connectivity index (χ1n) is 6.64. The van der Waals surface area contributed by atoms with Gasteiger partial charge in [0.1, 0.15) is 0 Å². The topological polar surface area (TPSA) is 39.1 Å². The summed E-state index contributed by atoms with van der Waals surface area (Å²) in [6, 6.07) is 9.01. The zero-order valence-corrected chi connectivity index (χ0v) is 13.7. The fraction of sp³-hybridized carbons (Fsp3) is 0.533. The molecule has 19 heavy (non-hydrogen) atoms. The van der Waals surface area contributed by atoms with E-state index in [1.807, 2.05) is 14.0 Å². The molecule has 0 radical (unpaired) electrons. The van der Waals surface area contributed by atoms with Gasteiger partial charge in [-0.3, -0.25) is 0 Å². The van der Waals surface area contributed by atoms with E-state index in [9.17, 15) is 0 Å². The van der Waals surface area contributed by atoms with Gasteiger partial charge in [-0.1, -0.05) is 22.0 Å². The molecule has 2 unspecified atom stereocenters. The third-order valence-electron chi connectivity index (χ3n) is 3.35. The smallest absolute Gasteiger partial charge is 0.0671 e. The highest BCUT2D eigenvalue weighted by atomic mass is 79.9. The van der Waals surface area contributed by atoms with Crippen LogP contribution in [-0.2, 0) is 0 Å². The Morgan fingerprint density at radius 2 is 2.11 bits per heavy atom. The first kappa shape index (κ1) is 16.0. The van der Waals surface area contributed by atoms with Crippen LogP contribution >= 0.6 is 15.9 Å². The molecule has 0 aliphatic heterocycles. The molecule has 1 aromatic rings. The Bertz CT molecular complexity index is 453. The van der Waals surface area contributed by atoms with E-state index in [4.69, 9.17) is 5.26 Å². The number of anilines is 1. The number of hydrogen-bond donors (Lipinski definition) is 1. The fourth-order valence-corrected chi connectivity index (χ4v) is 2.72. The predicted molar refractivity (Wildman–Crippen MR) is 84.3 cm³/mol. The molecule has 1 rings (SSSR count). The summed E-state index contributed by atoms with van der Waals surface area (Å²) in [5, 5.41) is 12.2. The number of rotatable bonds is 6. The van der Waals surface area contributed by atoms with Crippen molar-refractivity contribution in [2.75, 3.05) is 25.0 Å². The molecule has 0 heterocycles. The van der Waals surface area contributed by atoms with Crippen LogP contribution in [0.3, 0.4) is 0 Å². The van der Waals surface area contributed by atoms with Crippen LogP contribution in [0, 0.1) is 17.2 Å². The van der Waals surface area contributed by atoms with Crippen molar-refractivity contribution in [1.29, 1.82) is 5.26 Å². The SMILES string of the molecule is CCN(CC(C)C#N)c1ccc(C(C)NC)c(Br)c1. The van der Waals surface area contributed by atoms with Crippen LogP contribution in [0.4, 0.5) is 5.69 Å². The summed E-state index contributed by atoms with van der Waals surface area (Å²) in [5.41, 5.74) is 2.40. The molecule has 0 aliphatic rings. The van der Waals surface area contributed by atoms with Crippen molar-refractivity contribution in [3.63, 3.8) is 0 Å². The van der Waals surface area contributed by atoms with E-state index in [2.05, 4.69) is 64.3 Å². The summed E-state index contributed by atoms with van der Waals surface area (Å²) in [4.78, 5) is 2.23. The Hall–Kier alpha value is -1.05. The molecule has 4 heteroatoms. The second-order valence-electron chi connectivity index (χ2n) is 4.78. The Morgan fingerprint density at radius 1 is 1.42 bits per heavy atom. The number of benzene rings is 1. The first-order chi connectivity index (χ1) is 9.03. The largest absolute Gasteiger partial charge is 0.370 e. The molecule has 104 valence electrons. The first-order valence-corrected chi connectivity index (χ1v) is 7.44. The quantitative estimate of drug-likeness (QED) is 0.867. The van der Waals surface area contributed by atoms with Gasteiger partial charge in [-0.05, 0) is 45.5 Å². The van der Waals surface area contributed by atoms with Crippen LogP contribution in [0.15, 0.2) is 22.7 Å². The summed E-state index contributed by atoms with van der Waals surface area (Å²) in [7, 11) is 1.96. The van der Waals surface area contributed by atoms with Gasteiger partial charge >= 0.3 is 0 Å². The minimum atomic E-state index is 0.0367. The minimum absolute atomic E-state index is 0.0367. The van der Waals surface area contributed by atoms with Gasteiger partial charge in [0.05, 0.1) is 12.0 Å². The molecule has 1 N–H and O–H groups in total. The molecule has 0 aromatic heterocycles. The molecular formula is C15H22BrN3. The zero-order valence-electron chi connectivity index (χ0n) is 12.1. The van der Waals surface area contributed by atoms with E-state index < -0.39 is 0 Å². The number of nitrogens with zero attached hydrogens (tertiary/aromatic N) is 2. The van der Waals surface area contributed by atoms with Crippen molar-refractivity contribution in [3.8, 4) is 6.07 Å². The number of hydrogen-bond acceptors (Lipinski definition) is 3. The lowest BCUT2D eigenvalue weighted by molar-refractivity contribution is 0.648. The van der Waals surface area contributed by atoms with E-state index >= 15 is 0 Å². The van der Waals surface area contributed by atoms with Crippen LogP contribution in [0.2, 0.25) is 0 Å². The predicted octanol–water partition coefficient (Wildman–Crippen LogP) is 3.72.